The minimum absolute atomic E-state index is 0.219. The Bertz CT molecular complexity index is 566. The molecule has 1 heterocycles. The molecule has 1 amide bonds. The fourth-order valence-electron chi connectivity index (χ4n) is 2.75. The van der Waals surface area contributed by atoms with Gasteiger partial charge in [0.25, 0.3) is 0 Å². The molecule has 0 aliphatic carbocycles. The highest BCUT2D eigenvalue weighted by atomic mass is 16.6. The van der Waals surface area contributed by atoms with Crippen LogP contribution in [0.15, 0.2) is 18.2 Å². The third kappa shape index (κ3) is 4.86. The van der Waals surface area contributed by atoms with E-state index in [1.165, 1.54) is 5.56 Å². The molecule has 0 saturated carbocycles. The van der Waals surface area contributed by atoms with Crippen LogP contribution in [-0.4, -0.2) is 47.2 Å². The number of carbonyl (C=O) groups excluding carboxylic acids is 1. The molecule has 1 aromatic rings. The number of rotatable bonds is 2. The molecule has 0 spiro atoms. The van der Waals surface area contributed by atoms with E-state index in [2.05, 4.69) is 24.0 Å². The zero-order valence-corrected chi connectivity index (χ0v) is 14.9. The van der Waals surface area contributed by atoms with E-state index >= 15 is 0 Å². The number of benzene rings is 1. The maximum atomic E-state index is 12.2. The summed E-state index contributed by atoms with van der Waals surface area (Å²) >= 11 is 0. The van der Waals surface area contributed by atoms with Crippen molar-refractivity contribution in [3.8, 4) is 0 Å². The van der Waals surface area contributed by atoms with Crippen molar-refractivity contribution in [1.29, 1.82) is 0 Å². The number of hydrogen-bond acceptors (Lipinski definition) is 4. The second-order valence-corrected chi connectivity index (χ2v) is 7.44. The van der Waals surface area contributed by atoms with E-state index in [0.29, 0.717) is 19.1 Å². The Balaban J connectivity index is 1.93. The van der Waals surface area contributed by atoms with Crippen LogP contribution >= 0.6 is 0 Å². The zero-order chi connectivity index (χ0) is 17.2. The highest BCUT2D eigenvalue weighted by Crippen LogP contribution is 2.19. The van der Waals surface area contributed by atoms with Crippen LogP contribution in [0.25, 0.3) is 0 Å². The number of carbonyl (C=O) groups is 1. The fourth-order valence-corrected chi connectivity index (χ4v) is 2.75. The first-order chi connectivity index (χ1) is 10.7. The van der Waals surface area contributed by atoms with Crippen LogP contribution in [0.3, 0.4) is 0 Å². The van der Waals surface area contributed by atoms with Gasteiger partial charge in [-0.3, -0.25) is 4.90 Å². The number of hydrogen-bond donors (Lipinski definition) is 1. The number of ether oxygens (including phenoxy) is 1. The third-order valence-corrected chi connectivity index (χ3v) is 4.15. The number of aryl methyl sites for hydroxylation is 1. The van der Waals surface area contributed by atoms with Crippen molar-refractivity contribution in [1.82, 2.24) is 9.80 Å². The van der Waals surface area contributed by atoms with Gasteiger partial charge in [-0.25, -0.2) is 4.79 Å². The maximum absolute atomic E-state index is 12.2. The maximum Gasteiger partial charge on any atom is 0.410 e. The second kappa shape index (κ2) is 6.79. The van der Waals surface area contributed by atoms with E-state index < -0.39 is 5.60 Å². The number of amides is 1. The van der Waals surface area contributed by atoms with Gasteiger partial charge in [-0.2, -0.15) is 0 Å². The molecule has 0 unspecified atom stereocenters. The summed E-state index contributed by atoms with van der Waals surface area (Å²) in [4.78, 5) is 16.4. The lowest BCUT2D eigenvalue weighted by Gasteiger charge is -2.40. The second-order valence-electron chi connectivity index (χ2n) is 7.44. The SMILES string of the molecule is Cc1ccc(CN2CCN(C(=O)OC(C)(C)C)C[C@@H]2C)cc1N. The smallest absolute Gasteiger partial charge is 0.410 e. The summed E-state index contributed by atoms with van der Waals surface area (Å²) in [6.07, 6.45) is -0.219. The van der Waals surface area contributed by atoms with Gasteiger partial charge < -0.3 is 15.4 Å². The third-order valence-electron chi connectivity index (χ3n) is 4.15. The first kappa shape index (κ1) is 17.6. The molecule has 2 N–H and O–H groups in total. The number of nitrogens with zero attached hydrogens (tertiary/aromatic N) is 2. The predicted molar refractivity (Wildman–Crippen MR) is 93.3 cm³/mol. The van der Waals surface area contributed by atoms with Crippen LogP contribution in [0.1, 0.15) is 38.8 Å². The Morgan fingerprint density at radius 2 is 2.04 bits per heavy atom. The zero-order valence-electron chi connectivity index (χ0n) is 14.9. The molecule has 5 heteroatoms. The average Bonchev–Trinajstić information content (AvgIpc) is 2.43. The molecule has 2 rings (SSSR count). The summed E-state index contributed by atoms with van der Waals surface area (Å²) in [7, 11) is 0. The molecule has 23 heavy (non-hydrogen) atoms. The lowest BCUT2D eigenvalue weighted by molar-refractivity contribution is 0.00461. The summed E-state index contributed by atoms with van der Waals surface area (Å²) in [5, 5.41) is 0. The van der Waals surface area contributed by atoms with E-state index in [4.69, 9.17) is 10.5 Å². The summed E-state index contributed by atoms with van der Waals surface area (Å²) in [6.45, 7) is 12.9. The van der Waals surface area contributed by atoms with Crippen molar-refractivity contribution in [3.05, 3.63) is 29.3 Å². The molecule has 1 aliphatic rings. The summed E-state index contributed by atoms with van der Waals surface area (Å²) in [6, 6.07) is 6.52. The van der Waals surface area contributed by atoms with Crippen molar-refractivity contribution >= 4 is 11.8 Å². The molecule has 0 bridgehead atoms. The Morgan fingerprint density at radius 3 is 2.61 bits per heavy atom. The Kier molecular flexibility index (Phi) is 5.19. The van der Waals surface area contributed by atoms with Gasteiger partial charge >= 0.3 is 6.09 Å². The predicted octanol–water partition coefficient (Wildman–Crippen LogP) is 3.02. The van der Waals surface area contributed by atoms with E-state index in [1.807, 2.05) is 33.8 Å². The van der Waals surface area contributed by atoms with Gasteiger partial charge in [0.15, 0.2) is 0 Å². The summed E-state index contributed by atoms with van der Waals surface area (Å²) in [5.74, 6) is 0. The molecule has 1 atom stereocenters. The van der Waals surface area contributed by atoms with Crippen molar-refractivity contribution < 1.29 is 9.53 Å². The van der Waals surface area contributed by atoms with Crippen molar-refractivity contribution in [3.63, 3.8) is 0 Å². The molecule has 128 valence electrons. The van der Waals surface area contributed by atoms with Crippen LogP contribution < -0.4 is 5.73 Å². The van der Waals surface area contributed by atoms with E-state index in [-0.39, 0.29) is 6.09 Å². The Morgan fingerprint density at radius 1 is 1.35 bits per heavy atom. The van der Waals surface area contributed by atoms with Crippen LogP contribution in [-0.2, 0) is 11.3 Å². The molecular formula is C18H29N3O2. The van der Waals surface area contributed by atoms with Crippen LogP contribution in [0.4, 0.5) is 10.5 Å². The standard InChI is InChI=1S/C18H29N3O2/c1-13-6-7-15(10-16(13)19)12-20-8-9-21(11-14(20)2)17(22)23-18(3,4)5/h6-7,10,14H,8-9,11-12,19H2,1-5H3/t14-/m0/s1. The Labute approximate surface area is 139 Å². The van der Waals surface area contributed by atoms with Gasteiger partial charge in [-0.05, 0) is 51.8 Å². The number of nitrogens with two attached hydrogens (primary N) is 1. The number of piperazine rings is 1. The lowest BCUT2D eigenvalue weighted by Crippen LogP contribution is -2.54. The van der Waals surface area contributed by atoms with Crippen molar-refractivity contribution in [2.24, 2.45) is 0 Å². The van der Waals surface area contributed by atoms with Gasteiger partial charge in [0.05, 0.1) is 0 Å². The monoisotopic (exact) mass is 319 g/mol. The molecule has 1 saturated heterocycles. The van der Waals surface area contributed by atoms with Crippen LogP contribution in [0, 0.1) is 6.92 Å². The number of anilines is 1. The summed E-state index contributed by atoms with van der Waals surface area (Å²) < 4.78 is 5.46. The number of nitrogen functional groups attached to an aromatic ring is 1. The lowest BCUT2D eigenvalue weighted by atomic mass is 10.1. The first-order valence-electron chi connectivity index (χ1n) is 8.22. The van der Waals surface area contributed by atoms with Gasteiger partial charge in [-0.1, -0.05) is 12.1 Å². The molecular weight excluding hydrogens is 290 g/mol. The highest BCUT2D eigenvalue weighted by Gasteiger charge is 2.29. The van der Waals surface area contributed by atoms with Crippen LogP contribution in [0.5, 0.6) is 0 Å². The first-order valence-corrected chi connectivity index (χ1v) is 8.22. The largest absolute Gasteiger partial charge is 0.444 e. The quantitative estimate of drug-likeness (QED) is 0.851. The van der Waals surface area contributed by atoms with Gasteiger partial charge in [-0.15, -0.1) is 0 Å². The normalized spacial score (nSPS) is 19.7. The minimum atomic E-state index is -0.448. The fraction of sp³-hybridized carbons (Fsp3) is 0.611. The van der Waals surface area contributed by atoms with Gasteiger partial charge in [0.1, 0.15) is 5.60 Å². The van der Waals surface area contributed by atoms with Crippen LogP contribution in [0.2, 0.25) is 0 Å². The molecule has 0 aromatic heterocycles. The van der Waals surface area contributed by atoms with E-state index in [9.17, 15) is 4.79 Å². The van der Waals surface area contributed by atoms with Gasteiger partial charge in [0.2, 0.25) is 0 Å². The highest BCUT2D eigenvalue weighted by molar-refractivity contribution is 5.68. The molecule has 1 aromatic carbocycles. The van der Waals surface area contributed by atoms with E-state index in [1.54, 1.807) is 4.90 Å². The van der Waals surface area contributed by atoms with E-state index in [0.717, 1.165) is 24.3 Å². The van der Waals surface area contributed by atoms with Gasteiger partial charge in [0, 0.05) is 37.9 Å². The van der Waals surface area contributed by atoms with Crippen molar-refractivity contribution in [2.75, 3.05) is 25.4 Å². The minimum Gasteiger partial charge on any atom is -0.444 e. The molecule has 5 nitrogen and oxygen atoms in total. The average molecular weight is 319 g/mol. The molecule has 1 fully saturated rings. The molecule has 0 radical (unpaired) electrons. The molecule has 1 aliphatic heterocycles. The topological polar surface area (TPSA) is 58.8 Å². The van der Waals surface area contributed by atoms with Crippen molar-refractivity contribution in [2.45, 2.75) is 52.8 Å². The Hall–Kier alpha value is -1.75. The summed E-state index contributed by atoms with van der Waals surface area (Å²) in [5.41, 5.74) is 8.70.